The Morgan fingerprint density at radius 2 is 0.515 bits per heavy atom. The molecule has 0 rings (SSSR count). The molecule has 0 aliphatic heterocycles. The number of aliphatic hydroxyl groups is 2. The van der Waals surface area contributed by atoms with E-state index in [1.54, 1.807) is 0 Å². The topological polar surface area (TPSA) is 231 Å². The Morgan fingerprint density at radius 1 is 0.282 bits per heavy atom. The molecule has 16 nitrogen and oxygen atoms in total. The number of rotatable bonds is 73. The van der Waals surface area contributed by atoms with Crippen molar-refractivity contribution in [1.29, 1.82) is 0 Å². The Morgan fingerprint density at radius 3 is 0.816 bits per heavy atom. The van der Waals surface area contributed by atoms with Gasteiger partial charge in [-0.25, -0.2) is 9.13 Å². The van der Waals surface area contributed by atoms with Gasteiger partial charge in [-0.2, -0.15) is 0 Å². The second-order valence-corrected chi connectivity index (χ2v) is 28.7. The quantitative estimate of drug-likeness (QED) is 0.0146. The fourth-order valence-electron chi connectivity index (χ4n) is 9.96. The van der Waals surface area contributed by atoms with Gasteiger partial charge in [-0.3, -0.25) is 32.5 Å². The zero-order valence-corrected chi connectivity index (χ0v) is 65.7. The molecule has 0 aliphatic carbocycles. The smallest absolute Gasteiger partial charge is 0.463 e. The number of carbonyl (C=O) groups is 3. The number of carbonyl (C=O) groups excluding carboxylic acids is 3. The number of esters is 3. The Bertz CT molecular complexity index is 2550. The summed E-state index contributed by atoms with van der Waals surface area (Å²) in [4.78, 5) is 58.7. The van der Waals surface area contributed by atoms with Gasteiger partial charge in [0.05, 0.1) is 26.4 Å². The number of hydrogen-bond donors (Lipinski definition) is 4. The Kier molecular flexibility index (Phi) is 72.8. The van der Waals surface area contributed by atoms with Crippen molar-refractivity contribution in [3.63, 3.8) is 0 Å². The van der Waals surface area contributed by atoms with Crippen LogP contribution in [0.5, 0.6) is 0 Å². The number of ether oxygens (including phenoxy) is 3. The third-order valence-electron chi connectivity index (χ3n) is 15.9. The summed E-state index contributed by atoms with van der Waals surface area (Å²) in [7, 11) is -9.82. The van der Waals surface area contributed by atoms with Crippen LogP contribution in [0.25, 0.3) is 0 Å². The van der Waals surface area contributed by atoms with E-state index >= 15 is 0 Å². The lowest BCUT2D eigenvalue weighted by Gasteiger charge is -2.21. The number of aliphatic hydroxyl groups excluding tert-OH is 2. The molecular formula is C85H140O16P2. The molecule has 0 bridgehead atoms. The third kappa shape index (κ3) is 77.8. The van der Waals surface area contributed by atoms with Gasteiger partial charge < -0.3 is 34.2 Å². The molecule has 0 fully saturated rings. The molecule has 18 heteroatoms. The summed E-state index contributed by atoms with van der Waals surface area (Å²) in [5, 5.41) is 20.6. The van der Waals surface area contributed by atoms with Crippen molar-refractivity contribution in [3.05, 3.63) is 170 Å². The van der Waals surface area contributed by atoms with Crippen LogP contribution in [0.3, 0.4) is 0 Å². The van der Waals surface area contributed by atoms with Crippen LogP contribution in [-0.4, -0.2) is 95.9 Å². The Labute approximate surface area is 624 Å². The maximum atomic E-state index is 13.0. The zero-order chi connectivity index (χ0) is 75.2. The first kappa shape index (κ1) is 97.9. The van der Waals surface area contributed by atoms with Gasteiger partial charge in [-0.05, 0) is 154 Å². The molecule has 0 spiro atoms. The lowest BCUT2D eigenvalue weighted by molar-refractivity contribution is -0.161. The van der Waals surface area contributed by atoms with Crippen molar-refractivity contribution in [2.45, 2.75) is 309 Å². The van der Waals surface area contributed by atoms with Gasteiger partial charge >= 0.3 is 33.6 Å². The molecule has 0 heterocycles. The van der Waals surface area contributed by atoms with Crippen LogP contribution in [-0.2, 0) is 55.8 Å². The molecule has 0 aromatic heterocycles. The average molecular weight is 1480 g/mol. The lowest BCUT2D eigenvalue weighted by Crippen LogP contribution is -2.30. The van der Waals surface area contributed by atoms with Gasteiger partial charge in [0, 0.05) is 19.3 Å². The predicted molar refractivity (Wildman–Crippen MR) is 426 cm³/mol. The monoisotopic (exact) mass is 1480 g/mol. The van der Waals surface area contributed by atoms with Gasteiger partial charge in [0.15, 0.2) is 6.10 Å². The van der Waals surface area contributed by atoms with Crippen molar-refractivity contribution in [2.75, 3.05) is 39.6 Å². The maximum Gasteiger partial charge on any atom is 0.472 e. The molecule has 0 aromatic rings. The normalized spacial score (nSPS) is 14.9. The summed E-state index contributed by atoms with van der Waals surface area (Å²) in [6.07, 6.45) is 96.6. The first-order valence-corrected chi connectivity index (χ1v) is 42.4. The molecule has 0 amide bonds. The minimum Gasteiger partial charge on any atom is -0.463 e. The molecular weight excluding hydrogens is 1340 g/mol. The fraction of sp³-hybridized carbons (Fsp3) is 0.635. The summed E-state index contributed by atoms with van der Waals surface area (Å²) in [5.74, 6) is -1.62. The van der Waals surface area contributed by atoms with Crippen LogP contribution in [0, 0.1) is 0 Å². The molecule has 0 aliphatic rings. The Balaban J connectivity index is 4.72. The van der Waals surface area contributed by atoms with Crippen molar-refractivity contribution < 1.29 is 75.8 Å². The van der Waals surface area contributed by atoms with E-state index in [1.165, 1.54) is 19.3 Å². The van der Waals surface area contributed by atoms with Crippen molar-refractivity contribution in [3.8, 4) is 0 Å². The lowest BCUT2D eigenvalue weighted by atomic mass is 10.1. The van der Waals surface area contributed by atoms with E-state index in [0.29, 0.717) is 19.3 Å². The van der Waals surface area contributed by atoms with Crippen LogP contribution < -0.4 is 0 Å². The highest BCUT2D eigenvalue weighted by Gasteiger charge is 2.29. The highest BCUT2D eigenvalue weighted by molar-refractivity contribution is 7.47. The number of unbranched alkanes of at least 4 members (excludes halogenated alkanes) is 22. The molecule has 4 N–H and O–H groups in total. The first-order valence-electron chi connectivity index (χ1n) is 39.4. The summed E-state index contributed by atoms with van der Waals surface area (Å²) in [6.45, 7) is 2.37. The predicted octanol–water partition coefficient (Wildman–Crippen LogP) is 23.2. The van der Waals surface area contributed by atoms with E-state index in [1.807, 2.05) is 0 Å². The summed E-state index contributed by atoms with van der Waals surface area (Å²) in [6, 6.07) is 0. The van der Waals surface area contributed by atoms with Gasteiger partial charge in [0.25, 0.3) is 0 Å². The number of hydrogen-bond acceptors (Lipinski definition) is 14. The van der Waals surface area contributed by atoms with E-state index in [9.17, 15) is 43.5 Å². The number of allylic oxidation sites excluding steroid dienone is 28. The van der Waals surface area contributed by atoms with Crippen molar-refractivity contribution >= 4 is 33.6 Å². The van der Waals surface area contributed by atoms with E-state index in [0.717, 1.165) is 212 Å². The second kappa shape index (κ2) is 76.6. The van der Waals surface area contributed by atoms with E-state index < -0.39 is 91.5 Å². The van der Waals surface area contributed by atoms with E-state index in [4.69, 9.17) is 32.3 Å². The van der Waals surface area contributed by atoms with Crippen LogP contribution in [0.4, 0.5) is 0 Å². The summed E-state index contributed by atoms with van der Waals surface area (Å²) < 4.78 is 61.2. The molecule has 0 aromatic carbocycles. The maximum absolute atomic E-state index is 13.0. The molecule has 5 atom stereocenters. The van der Waals surface area contributed by atoms with Crippen LogP contribution >= 0.6 is 15.6 Å². The first-order chi connectivity index (χ1) is 50.2. The van der Waals surface area contributed by atoms with Crippen LogP contribution in [0.15, 0.2) is 170 Å². The minimum absolute atomic E-state index is 0.0812. The zero-order valence-electron chi connectivity index (χ0n) is 63.9. The highest BCUT2D eigenvalue weighted by Crippen LogP contribution is 2.45. The van der Waals surface area contributed by atoms with Crippen molar-refractivity contribution in [2.24, 2.45) is 0 Å². The number of phosphoric acid groups is 2. The minimum atomic E-state index is -4.95. The van der Waals surface area contributed by atoms with Crippen molar-refractivity contribution in [1.82, 2.24) is 0 Å². The number of phosphoric ester groups is 2. The SMILES string of the molecule is CC/C=C\C/C=C\C/C=C\C/C=C\C/C=C\C/C=C\CCCCCCCCC(=O)OCC(O)COP(=O)(O)OCC(O)COP(=O)(O)OCC(COC(=O)CCCCCCCCC/C=C\C/C=C\C/C=C\C/C=C\C/C=C\CC)OC(=O)CCCCCCCC/C=C\C/C=C\C/C=C\CCCCC. The second-order valence-electron chi connectivity index (χ2n) is 25.7. The highest BCUT2D eigenvalue weighted by atomic mass is 31.2. The van der Waals surface area contributed by atoms with E-state index in [-0.39, 0.29) is 19.3 Å². The van der Waals surface area contributed by atoms with Gasteiger partial charge in [0.2, 0.25) is 0 Å². The van der Waals surface area contributed by atoms with E-state index in [2.05, 4.69) is 191 Å². The Hall–Kier alpha value is -5.09. The van der Waals surface area contributed by atoms with Gasteiger partial charge in [0.1, 0.15) is 25.4 Å². The standard InChI is InChI=1S/C85H140O16P2/c1-4-7-10-13-16-19-22-25-28-31-34-36-38-39-41-43-45-47-50-53-56-59-62-65-68-71-83(88)95-74-80(86)75-97-102(91,92)98-76-81(87)77-99-103(93,94)100-79-82(101-85(90)73-70-67-64-61-58-55-52-49-44-33-30-27-24-21-18-15-12-9-6-3)78-96-84(89)72-69-66-63-60-57-54-51-48-46-42-40-37-35-32-29-26-23-20-17-14-11-8-5-2/h7-8,10-11,16-21,25-30,34-37,39,41-42,44-47,49,80-82,86-87H,4-6,9,12-15,22-24,31-33,38,40,43,48,50-79H2,1-3H3,(H,91,92)(H,93,94)/b10-7-,11-8-,19-16-,20-17-,21-18-,28-25-,29-26-,30-27-,36-34-,37-35-,41-39-,46-42-,47-45-,49-44-. The third-order valence-corrected chi connectivity index (χ3v) is 17.8. The largest absolute Gasteiger partial charge is 0.472 e. The molecule has 586 valence electrons. The fourth-order valence-corrected chi connectivity index (χ4v) is 11.5. The van der Waals surface area contributed by atoms with Gasteiger partial charge in [-0.15, -0.1) is 0 Å². The van der Waals surface area contributed by atoms with Crippen LogP contribution in [0.2, 0.25) is 0 Å². The molecule has 0 radical (unpaired) electrons. The summed E-state index contributed by atoms with van der Waals surface area (Å²) >= 11 is 0. The molecule has 0 saturated carbocycles. The van der Waals surface area contributed by atoms with Gasteiger partial charge in [-0.1, -0.05) is 287 Å². The molecule has 103 heavy (non-hydrogen) atoms. The summed E-state index contributed by atoms with van der Waals surface area (Å²) in [5.41, 5.74) is 0. The van der Waals surface area contributed by atoms with Crippen LogP contribution in [0.1, 0.15) is 290 Å². The average Bonchev–Trinajstić information content (AvgIpc) is 0.922. The molecule has 0 saturated heterocycles. The molecule has 5 unspecified atom stereocenters.